The highest BCUT2D eigenvalue weighted by Crippen LogP contribution is 2.40. The minimum Gasteiger partial charge on any atom is -0.491 e. The zero-order valence-electron chi connectivity index (χ0n) is 16.2. The first-order valence-electron chi connectivity index (χ1n) is 9.79. The second-order valence-electron chi connectivity index (χ2n) is 7.20. The van der Waals surface area contributed by atoms with Crippen LogP contribution in [0.3, 0.4) is 0 Å². The highest BCUT2D eigenvalue weighted by Gasteiger charge is 2.27. The van der Waals surface area contributed by atoms with Gasteiger partial charge in [-0.25, -0.2) is 17.6 Å². The molecule has 156 valence electrons. The van der Waals surface area contributed by atoms with Gasteiger partial charge in [-0.2, -0.15) is 4.39 Å². The fourth-order valence-electron chi connectivity index (χ4n) is 3.96. The molecule has 1 nitrogen and oxygen atoms in total. The van der Waals surface area contributed by atoms with Crippen LogP contribution in [0.2, 0.25) is 0 Å². The van der Waals surface area contributed by atoms with Crippen molar-refractivity contribution in [2.24, 2.45) is 5.92 Å². The SMILES string of the molecule is CCOc1ccc(-c2ccc(C3CCC(C=CCF)CC3)c(F)c2F)c(F)c1F. The Kier molecular flexibility index (Phi) is 6.93. The quantitative estimate of drug-likeness (QED) is 0.364. The molecule has 0 aliphatic heterocycles. The van der Waals surface area contributed by atoms with Crippen LogP contribution in [-0.2, 0) is 0 Å². The van der Waals surface area contributed by atoms with Crippen LogP contribution in [0.5, 0.6) is 5.75 Å². The first kappa shape index (κ1) is 21.3. The standard InChI is InChI=1S/C23H23F5O/c1-2-29-19-12-11-18(22(27)23(19)28)17-10-9-16(20(25)21(17)26)15-7-5-14(6-8-15)4-3-13-24/h3-4,9-12,14-15H,2,5-8,13H2,1H3. The van der Waals surface area contributed by atoms with Gasteiger partial charge in [0.2, 0.25) is 5.82 Å². The van der Waals surface area contributed by atoms with E-state index in [1.54, 1.807) is 6.92 Å². The summed E-state index contributed by atoms with van der Waals surface area (Å²) in [7, 11) is 0. The molecule has 1 fully saturated rings. The lowest BCUT2D eigenvalue weighted by molar-refractivity contribution is 0.314. The van der Waals surface area contributed by atoms with Gasteiger partial charge in [0, 0.05) is 11.1 Å². The summed E-state index contributed by atoms with van der Waals surface area (Å²) in [6.45, 7) is 1.27. The Morgan fingerprint density at radius 1 is 0.862 bits per heavy atom. The molecule has 0 saturated heterocycles. The number of hydrogen-bond acceptors (Lipinski definition) is 1. The van der Waals surface area contributed by atoms with E-state index in [0.717, 1.165) is 12.8 Å². The van der Waals surface area contributed by atoms with E-state index in [-0.39, 0.29) is 40.9 Å². The van der Waals surface area contributed by atoms with Crippen LogP contribution < -0.4 is 4.74 Å². The van der Waals surface area contributed by atoms with Crippen LogP contribution >= 0.6 is 0 Å². The van der Waals surface area contributed by atoms with Gasteiger partial charge in [-0.3, -0.25) is 0 Å². The predicted octanol–water partition coefficient (Wildman–Crippen LogP) is 7.11. The smallest absolute Gasteiger partial charge is 0.201 e. The maximum Gasteiger partial charge on any atom is 0.201 e. The summed E-state index contributed by atoms with van der Waals surface area (Å²) in [5.41, 5.74) is -0.440. The minimum atomic E-state index is -1.28. The molecule has 0 aromatic heterocycles. The summed E-state index contributed by atoms with van der Waals surface area (Å²) in [6.07, 6.45) is 6.15. The van der Waals surface area contributed by atoms with Gasteiger partial charge in [0.05, 0.1) is 6.61 Å². The number of rotatable bonds is 6. The van der Waals surface area contributed by atoms with Gasteiger partial charge in [-0.15, -0.1) is 0 Å². The average molecular weight is 410 g/mol. The fourth-order valence-corrected chi connectivity index (χ4v) is 3.96. The van der Waals surface area contributed by atoms with Gasteiger partial charge in [0.25, 0.3) is 0 Å². The molecule has 0 spiro atoms. The van der Waals surface area contributed by atoms with Crippen LogP contribution in [0.25, 0.3) is 11.1 Å². The molecule has 0 unspecified atom stereocenters. The van der Waals surface area contributed by atoms with Gasteiger partial charge in [-0.05, 0) is 62.1 Å². The van der Waals surface area contributed by atoms with Crippen LogP contribution in [0, 0.1) is 29.2 Å². The third-order valence-corrected chi connectivity index (χ3v) is 5.46. The number of alkyl halides is 1. The van der Waals surface area contributed by atoms with Crippen molar-refractivity contribution in [1.29, 1.82) is 0 Å². The van der Waals surface area contributed by atoms with Crippen LogP contribution in [0.15, 0.2) is 36.4 Å². The maximum absolute atomic E-state index is 14.8. The Hall–Kier alpha value is -2.37. The summed E-state index contributed by atoms with van der Waals surface area (Å²) in [4.78, 5) is 0. The van der Waals surface area contributed by atoms with Gasteiger partial charge < -0.3 is 4.74 Å². The number of allylic oxidation sites excluding steroid dienone is 2. The lowest BCUT2D eigenvalue weighted by Gasteiger charge is -2.27. The van der Waals surface area contributed by atoms with Gasteiger partial charge in [0.1, 0.15) is 6.67 Å². The topological polar surface area (TPSA) is 9.23 Å². The van der Waals surface area contributed by atoms with Gasteiger partial charge >= 0.3 is 0 Å². The zero-order chi connectivity index (χ0) is 21.0. The van der Waals surface area contributed by atoms with Crippen LogP contribution in [0.4, 0.5) is 22.0 Å². The summed E-state index contributed by atoms with van der Waals surface area (Å²) < 4.78 is 75.3. The van der Waals surface area contributed by atoms with E-state index in [4.69, 9.17) is 4.74 Å². The molecule has 0 N–H and O–H groups in total. The third kappa shape index (κ3) is 4.46. The van der Waals surface area contributed by atoms with Crippen molar-refractivity contribution in [2.75, 3.05) is 13.3 Å². The molecule has 0 amide bonds. The molecule has 2 aromatic rings. The number of hydrogen-bond donors (Lipinski definition) is 0. The molecular formula is C23H23F5O. The molecule has 1 aliphatic rings. The van der Waals surface area contributed by atoms with Crippen molar-refractivity contribution < 1.29 is 26.7 Å². The molecule has 6 heteroatoms. The van der Waals surface area contributed by atoms with Crippen molar-refractivity contribution in [3.63, 3.8) is 0 Å². The lowest BCUT2D eigenvalue weighted by Crippen LogP contribution is -2.14. The normalized spacial score (nSPS) is 19.7. The van der Waals surface area contributed by atoms with Crippen molar-refractivity contribution in [1.82, 2.24) is 0 Å². The fraction of sp³-hybridized carbons (Fsp3) is 0.391. The largest absolute Gasteiger partial charge is 0.491 e. The molecule has 1 saturated carbocycles. The molecule has 3 rings (SSSR count). The van der Waals surface area contributed by atoms with E-state index >= 15 is 0 Å². The van der Waals surface area contributed by atoms with E-state index in [9.17, 15) is 22.0 Å². The summed E-state index contributed by atoms with van der Waals surface area (Å²) in [5, 5.41) is 0. The van der Waals surface area contributed by atoms with Crippen LogP contribution in [0.1, 0.15) is 44.1 Å². The monoisotopic (exact) mass is 410 g/mol. The molecule has 2 aromatic carbocycles. The maximum atomic E-state index is 14.8. The Morgan fingerprint density at radius 3 is 2.10 bits per heavy atom. The second-order valence-corrected chi connectivity index (χ2v) is 7.20. The lowest BCUT2D eigenvalue weighted by atomic mass is 9.78. The van der Waals surface area contributed by atoms with Crippen molar-refractivity contribution in [3.8, 4) is 16.9 Å². The Labute approximate surface area is 167 Å². The zero-order valence-corrected chi connectivity index (χ0v) is 16.2. The van der Waals surface area contributed by atoms with E-state index in [1.165, 1.54) is 30.3 Å². The molecule has 0 heterocycles. The first-order valence-corrected chi connectivity index (χ1v) is 9.79. The van der Waals surface area contributed by atoms with E-state index in [1.807, 2.05) is 6.08 Å². The molecule has 1 aliphatic carbocycles. The van der Waals surface area contributed by atoms with Gasteiger partial charge in [0.15, 0.2) is 23.2 Å². The second kappa shape index (κ2) is 9.42. The van der Waals surface area contributed by atoms with Crippen LogP contribution in [-0.4, -0.2) is 13.3 Å². The third-order valence-electron chi connectivity index (χ3n) is 5.46. The Bertz CT molecular complexity index is 885. The summed E-state index contributed by atoms with van der Waals surface area (Å²) in [5.74, 6) is -4.91. The number of benzene rings is 2. The molecule has 0 bridgehead atoms. The van der Waals surface area contributed by atoms with Crippen molar-refractivity contribution >= 4 is 0 Å². The number of ether oxygens (including phenoxy) is 1. The van der Waals surface area contributed by atoms with Crippen molar-refractivity contribution in [2.45, 2.75) is 38.5 Å². The molecule has 0 atom stereocenters. The number of halogens is 5. The predicted molar refractivity (Wildman–Crippen MR) is 103 cm³/mol. The molecule has 0 radical (unpaired) electrons. The average Bonchev–Trinajstić information content (AvgIpc) is 2.73. The summed E-state index contributed by atoms with van der Waals surface area (Å²) >= 11 is 0. The highest BCUT2D eigenvalue weighted by atomic mass is 19.2. The Balaban J connectivity index is 1.86. The van der Waals surface area contributed by atoms with E-state index in [0.29, 0.717) is 12.8 Å². The first-order chi connectivity index (χ1) is 14.0. The highest BCUT2D eigenvalue weighted by molar-refractivity contribution is 5.66. The molecule has 29 heavy (non-hydrogen) atoms. The van der Waals surface area contributed by atoms with E-state index in [2.05, 4.69) is 0 Å². The summed E-state index contributed by atoms with van der Waals surface area (Å²) in [6, 6.07) is 5.13. The molecular weight excluding hydrogens is 387 g/mol. The van der Waals surface area contributed by atoms with E-state index < -0.39 is 29.9 Å². The minimum absolute atomic E-state index is 0.152. The van der Waals surface area contributed by atoms with Gasteiger partial charge in [-0.1, -0.05) is 24.3 Å². The Morgan fingerprint density at radius 2 is 1.48 bits per heavy atom. The van der Waals surface area contributed by atoms with Crippen molar-refractivity contribution in [3.05, 3.63) is 65.2 Å².